The van der Waals surface area contributed by atoms with E-state index in [-0.39, 0.29) is 18.4 Å². The zero-order chi connectivity index (χ0) is 12.8. The number of hydrogen-bond donors (Lipinski definition) is 2. The summed E-state index contributed by atoms with van der Waals surface area (Å²) in [6, 6.07) is -0.103. The lowest BCUT2D eigenvalue weighted by Gasteiger charge is -2.30. The second-order valence-electron chi connectivity index (χ2n) is 5.07. The predicted octanol–water partition coefficient (Wildman–Crippen LogP) is 1.54. The van der Waals surface area contributed by atoms with Crippen molar-refractivity contribution < 1.29 is 14.7 Å². The predicted molar refractivity (Wildman–Crippen MR) is 64.8 cm³/mol. The minimum Gasteiger partial charge on any atom is -0.481 e. The van der Waals surface area contributed by atoms with Crippen LogP contribution < -0.4 is 5.32 Å². The van der Waals surface area contributed by atoms with Crippen molar-refractivity contribution in [1.29, 1.82) is 0 Å². The topological polar surface area (TPSA) is 69.6 Å². The maximum atomic E-state index is 11.7. The van der Waals surface area contributed by atoms with E-state index in [4.69, 9.17) is 5.11 Å². The van der Waals surface area contributed by atoms with Crippen molar-refractivity contribution in [1.82, 2.24) is 10.2 Å². The average molecular weight is 242 g/mol. The van der Waals surface area contributed by atoms with Gasteiger partial charge in [0, 0.05) is 26.6 Å². The normalized spacial score (nSPS) is 17.1. The van der Waals surface area contributed by atoms with Crippen LogP contribution in [-0.2, 0) is 4.79 Å². The lowest BCUT2D eigenvalue weighted by molar-refractivity contribution is -0.137. The molecule has 0 aliphatic heterocycles. The molecule has 2 amide bonds. The highest BCUT2D eigenvalue weighted by atomic mass is 16.4. The van der Waals surface area contributed by atoms with Gasteiger partial charge in [0.05, 0.1) is 0 Å². The maximum Gasteiger partial charge on any atom is 0.317 e. The molecule has 2 N–H and O–H groups in total. The van der Waals surface area contributed by atoms with E-state index in [1.807, 2.05) is 6.92 Å². The number of rotatable bonds is 6. The summed E-state index contributed by atoms with van der Waals surface area (Å²) in [6.45, 7) is 3.04. The SMILES string of the molecule is CC(CNC(=O)N(C)CC1CCC1)CC(=O)O. The van der Waals surface area contributed by atoms with Crippen LogP contribution in [0.15, 0.2) is 0 Å². The third-order valence-electron chi connectivity index (χ3n) is 3.23. The number of nitrogens with zero attached hydrogens (tertiary/aromatic N) is 1. The molecule has 0 radical (unpaired) electrons. The van der Waals surface area contributed by atoms with Gasteiger partial charge in [0.15, 0.2) is 0 Å². The van der Waals surface area contributed by atoms with E-state index in [0.717, 1.165) is 6.54 Å². The fourth-order valence-corrected chi connectivity index (χ4v) is 1.91. The van der Waals surface area contributed by atoms with E-state index in [2.05, 4.69) is 5.32 Å². The van der Waals surface area contributed by atoms with E-state index in [0.29, 0.717) is 12.5 Å². The van der Waals surface area contributed by atoms with Gasteiger partial charge < -0.3 is 15.3 Å². The summed E-state index contributed by atoms with van der Waals surface area (Å²) in [5.74, 6) is -0.203. The molecule has 17 heavy (non-hydrogen) atoms. The molecule has 98 valence electrons. The van der Waals surface area contributed by atoms with Gasteiger partial charge in [0.1, 0.15) is 0 Å². The van der Waals surface area contributed by atoms with E-state index >= 15 is 0 Å². The Morgan fingerprint density at radius 3 is 2.59 bits per heavy atom. The van der Waals surface area contributed by atoms with Crippen LogP contribution in [0.3, 0.4) is 0 Å². The monoisotopic (exact) mass is 242 g/mol. The number of carboxylic acid groups (broad SMARTS) is 1. The first-order valence-electron chi connectivity index (χ1n) is 6.19. The summed E-state index contributed by atoms with van der Waals surface area (Å²) in [6.07, 6.45) is 3.79. The first-order valence-corrected chi connectivity index (χ1v) is 6.19. The first-order chi connectivity index (χ1) is 7.99. The summed E-state index contributed by atoms with van der Waals surface area (Å²) in [5.41, 5.74) is 0. The Labute approximate surface area is 102 Å². The zero-order valence-corrected chi connectivity index (χ0v) is 10.6. The Morgan fingerprint density at radius 2 is 2.12 bits per heavy atom. The Morgan fingerprint density at radius 1 is 1.47 bits per heavy atom. The third-order valence-corrected chi connectivity index (χ3v) is 3.23. The summed E-state index contributed by atoms with van der Waals surface area (Å²) < 4.78 is 0. The van der Waals surface area contributed by atoms with Crippen LogP contribution in [0.2, 0.25) is 0 Å². The van der Waals surface area contributed by atoms with Gasteiger partial charge in [-0.05, 0) is 24.7 Å². The standard InChI is InChI=1S/C12H22N2O3/c1-9(6-11(15)16)7-13-12(17)14(2)8-10-4-3-5-10/h9-10H,3-8H2,1-2H3,(H,13,17)(H,15,16). The molecule has 0 aromatic rings. The lowest BCUT2D eigenvalue weighted by Crippen LogP contribution is -2.42. The molecule has 0 saturated heterocycles. The van der Waals surface area contributed by atoms with Gasteiger partial charge in [-0.25, -0.2) is 4.79 Å². The van der Waals surface area contributed by atoms with Crippen LogP contribution in [0, 0.1) is 11.8 Å². The second-order valence-corrected chi connectivity index (χ2v) is 5.07. The van der Waals surface area contributed by atoms with Gasteiger partial charge in [-0.2, -0.15) is 0 Å². The lowest BCUT2D eigenvalue weighted by atomic mass is 9.85. The molecule has 1 fully saturated rings. The smallest absolute Gasteiger partial charge is 0.317 e. The van der Waals surface area contributed by atoms with E-state index in [9.17, 15) is 9.59 Å². The van der Waals surface area contributed by atoms with Crippen molar-refractivity contribution in [3.8, 4) is 0 Å². The van der Waals surface area contributed by atoms with Crippen molar-refractivity contribution in [2.75, 3.05) is 20.1 Å². The molecule has 0 aromatic heterocycles. The number of amides is 2. The highest BCUT2D eigenvalue weighted by molar-refractivity contribution is 5.74. The number of aliphatic carboxylic acids is 1. The van der Waals surface area contributed by atoms with Crippen LogP contribution in [0.1, 0.15) is 32.6 Å². The second kappa shape index (κ2) is 6.47. The summed E-state index contributed by atoms with van der Waals surface area (Å²) in [7, 11) is 1.79. The van der Waals surface area contributed by atoms with Crippen molar-refractivity contribution in [2.45, 2.75) is 32.6 Å². The molecule has 5 nitrogen and oxygen atoms in total. The molecule has 0 heterocycles. The fourth-order valence-electron chi connectivity index (χ4n) is 1.91. The van der Waals surface area contributed by atoms with Gasteiger partial charge in [-0.15, -0.1) is 0 Å². The highest BCUT2D eigenvalue weighted by Crippen LogP contribution is 2.26. The first kappa shape index (κ1) is 13.8. The number of hydrogen-bond acceptors (Lipinski definition) is 2. The molecule has 0 spiro atoms. The quantitative estimate of drug-likeness (QED) is 0.742. The highest BCUT2D eigenvalue weighted by Gasteiger charge is 2.21. The maximum absolute atomic E-state index is 11.7. The van der Waals surface area contributed by atoms with Crippen molar-refractivity contribution in [3.63, 3.8) is 0 Å². The molecule has 1 aliphatic carbocycles. The third kappa shape index (κ3) is 5.06. The largest absolute Gasteiger partial charge is 0.481 e. The Hall–Kier alpha value is -1.26. The molecule has 1 unspecified atom stereocenters. The van der Waals surface area contributed by atoms with Crippen LogP contribution >= 0.6 is 0 Å². The molecular formula is C12H22N2O3. The molecule has 1 saturated carbocycles. The van der Waals surface area contributed by atoms with Crippen LogP contribution in [-0.4, -0.2) is 42.1 Å². The summed E-state index contributed by atoms with van der Waals surface area (Å²) in [4.78, 5) is 23.8. The zero-order valence-electron chi connectivity index (χ0n) is 10.6. The molecule has 0 bridgehead atoms. The summed E-state index contributed by atoms with van der Waals surface area (Å²) in [5, 5.41) is 11.4. The fraction of sp³-hybridized carbons (Fsp3) is 0.833. The molecular weight excluding hydrogens is 220 g/mol. The average Bonchev–Trinajstić information content (AvgIpc) is 2.18. The van der Waals surface area contributed by atoms with E-state index in [1.54, 1.807) is 11.9 Å². The van der Waals surface area contributed by atoms with Gasteiger partial charge in [-0.3, -0.25) is 4.79 Å². The minimum atomic E-state index is -0.824. The van der Waals surface area contributed by atoms with Gasteiger partial charge in [0.25, 0.3) is 0 Å². The number of urea groups is 1. The Balaban J connectivity index is 2.16. The number of carbonyl (C=O) groups is 2. The minimum absolute atomic E-state index is 0.0337. The van der Waals surface area contributed by atoms with E-state index in [1.165, 1.54) is 19.3 Å². The van der Waals surface area contributed by atoms with E-state index < -0.39 is 5.97 Å². The Kier molecular flexibility index (Phi) is 5.25. The van der Waals surface area contributed by atoms with Crippen LogP contribution in [0.25, 0.3) is 0 Å². The molecule has 1 rings (SSSR count). The van der Waals surface area contributed by atoms with Gasteiger partial charge in [-0.1, -0.05) is 13.3 Å². The summed E-state index contributed by atoms with van der Waals surface area (Å²) >= 11 is 0. The number of carbonyl (C=O) groups excluding carboxylic acids is 1. The van der Waals surface area contributed by atoms with Crippen molar-refractivity contribution in [2.24, 2.45) is 11.8 Å². The van der Waals surface area contributed by atoms with Crippen molar-refractivity contribution >= 4 is 12.0 Å². The van der Waals surface area contributed by atoms with Gasteiger partial charge in [0.2, 0.25) is 0 Å². The Bertz CT molecular complexity index is 277. The molecule has 1 aliphatic rings. The molecule has 1 atom stereocenters. The van der Waals surface area contributed by atoms with Crippen LogP contribution in [0.5, 0.6) is 0 Å². The number of nitrogens with one attached hydrogen (secondary N) is 1. The molecule has 5 heteroatoms. The van der Waals surface area contributed by atoms with Crippen LogP contribution in [0.4, 0.5) is 4.79 Å². The van der Waals surface area contributed by atoms with Gasteiger partial charge >= 0.3 is 12.0 Å². The van der Waals surface area contributed by atoms with Crippen molar-refractivity contribution in [3.05, 3.63) is 0 Å². The number of carboxylic acids is 1. The molecule has 0 aromatic carbocycles.